The first-order valence-corrected chi connectivity index (χ1v) is 9.26. The first-order valence-electron chi connectivity index (χ1n) is 9.26. The fraction of sp³-hybridized carbons (Fsp3) is 0.600. The number of nitrogens with one attached hydrogen (secondary N) is 2. The van der Waals surface area contributed by atoms with Gasteiger partial charge in [-0.3, -0.25) is 15.0 Å². The molecule has 0 aromatic heterocycles. The van der Waals surface area contributed by atoms with Gasteiger partial charge in [0.15, 0.2) is 11.6 Å². The van der Waals surface area contributed by atoms with Crippen molar-refractivity contribution in [3.8, 4) is 0 Å². The van der Waals surface area contributed by atoms with Gasteiger partial charge in [-0.05, 0) is 30.2 Å². The lowest BCUT2D eigenvalue weighted by Gasteiger charge is -2.35. The zero-order valence-corrected chi connectivity index (χ0v) is 15.0. The van der Waals surface area contributed by atoms with Gasteiger partial charge in [-0.1, -0.05) is 44.2 Å². The second-order valence-corrected chi connectivity index (χ2v) is 7.60. The van der Waals surface area contributed by atoms with Crippen molar-refractivity contribution in [3.63, 3.8) is 0 Å². The first-order chi connectivity index (χ1) is 12.1. The minimum atomic E-state index is -0.415. The van der Waals surface area contributed by atoms with Gasteiger partial charge in [-0.2, -0.15) is 0 Å². The molecule has 2 aliphatic rings. The highest BCUT2D eigenvalue weighted by Gasteiger charge is 2.46. The Morgan fingerprint density at radius 2 is 2.04 bits per heavy atom. The van der Waals surface area contributed by atoms with E-state index in [-0.39, 0.29) is 29.4 Å². The monoisotopic (exact) mass is 344 g/mol. The average molecular weight is 344 g/mol. The maximum atomic E-state index is 13.2. The van der Waals surface area contributed by atoms with Crippen LogP contribution < -0.4 is 10.9 Å². The summed E-state index contributed by atoms with van der Waals surface area (Å²) in [5.74, 6) is 0.665. The second-order valence-electron chi connectivity index (χ2n) is 7.60. The summed E-state index contributed by atoms with van der Waals surface area (Å²) in [6, 6.07) is 9.71. The number of ketones is 2. The van der Waals surface area contributed by atoms with Gasteiger partial charge in [-0.25, -0.2) is 5.43 Å². The Kier molecular flexibility index (Phi) is 5.99. The molecule has 4 atom stereocenters. The molecule has 3 unspecified atom stereocenters. The minimum Gasteiger partial charge on any atom is -0.366 e. The van der Waals surface area contributed by atoms with E-state index in [4.69, 9.17) is 4.74 Å². The standard InChI is InChI=1S/C20H28N2O3/c1-13(2)10-18(25-12-14-6-4-3-5-7-14)20(24)16-11-21-22-19-15(16)8-9-17(19)23/h3-7,13,15-16,18-19,21-22H,8-12H2,1-2H3/t15?,16?,18-,19?/m0/s1. The summed E-state index contributed by atoms with van der Waals surface area (Å²) >= 11 is 0. The molecular formula is C20H28N2O3. The fourth-order valence-corrected chi connectivity index (χ4v) is 3.94. The van der Waals surface area contributed by atoms with Gasteiger partial charge in [-0.15, -0.1) is 0 Å². The molecule has 0 spiro atoms. The van der Waals surface area contributed by atoms with E-state index in [2.05, 4.69) is 24.7 Å². The molecular weight excluding hydrogens is 316 g/mol. The second kappa shape index (κ2) is 8.21. The van der Waals surface area contributed by atoms with E-state index in [1.165, 1.54) is 0 Å². The van der Waals surface area contributed by atoms with Crippen LogP contribution in [0.2, 0.25) is 0 Å². The highest BCUT2D eigenvalue weighted by molar-refractivity contribution is 5.91. The van der Waals surface area contributed by atoms with Crippen LogP contribution in [0, 0.1) is 17.8 Å². The topological polar surface area (TPSA) is 67.4 Å². The number of hydrazine groups is 1. The summed E-state index contributed by atoms with van der Waals surface area (Å²) in [6.45, 7) is 5.22. The summed E-state index contributed by atoms with van der Waals surface area (Å²) in [6.07, 6.45) is 1.65. The highest BCUT2D eigenvalue weighted by atomic mass is 16.5. The van der Waals surface area contributed by atoms with Crippen LogP contribution in [0.1, 0.15) is 38.7 Å². The molecule has 5 nitrogen and oxygen atoms in total. The zero-order valence-electron chi connectivity index (χ0n) is 15.0. The quantitative estimate of drug-likeness (QED) is 0.794. The molecule has 2 N–H and O–H groups in total. The molecule has 3 rings (SSSR count). The van der Waals surface area contributed by atoms with Crippen LogP contribution in [-0.4, -0.2) is 30.3 Å². The molecule has 1 aromatic rings. The lowest BCUT2D eigenvalue weighted by Crippen LogP contribution is -2.58. The van der Waals surface area contributed by atoms with E-state index in [1.54, 1.807) is 0 Å². The van der Waals surface area contributed by atoms with E-state index >= 15 is 0 Å². The van der Waals surface area contributed by atoms with E-state index in [0.717, 1.165) is 12.0 Å². The molecule has 1 saturated heterocycles. The summed E-state index contributed by atoms with van der Waals surface area (Å²) < 4.78 is 6.05. The molecule has 136 valence electrons. The van der Waals surface area contributed by atoms with E-state index in [9.17, 15) is 9.59 Å². The third kappa shape index (κ3) is 4.35. The van der Waals surface area contributed by atoms with Crippen LogP contribution in [0.25, 0.3) is 0 Å². The van der Waals surface area contributed by atoms with Crippen molar-refractivity contribution in [2.24, 2.45) is 17.8 Å². The predicted molar refractivity (Wildman–Crippen MR) is 95.6 cm³/mol. The van der Waals surface area contributed by atoms with Gasteiger partial charge < -0.3 is 4.74 Å². The van der Waals surface area contributed by atoms with E-state index in [1.807, 2.05) is 30.3 Å². The molecule has 2 fully saturated rings. The van der Waals surface area contributed by atoms with Crippen molar-refractivity contribution in [1.82, 2.24) is 10.9 Å². The predicted octanol–water partition coefficient (Wildman–Crippen LogP) is 2.26. The largest absolute Gasteiger partial charge is 0.366 e. The molecule has 1 aliphatic heterocycles. The Balaban J connectivity index is 1.69. The Bertz CT molecular complexity index is 602. The van der Waals surface area contributed by atoms with Crippen molar-refractivity contribution in [2.45, 2.75) is 51.9 Å². The number of rotatable bonds is 7. The first kappa shape index (κ1) is 18.2. The Morgan fingerprint density at radius 1 is 1.28 bits per heavy atom. The number of carbonyl (C=O) groups is 2. The van der Waals surface area contributed by atoms with Crippen LogP contribution in [-0.2, 0) is 20.9 Å². The van der Waals surface area contributed by atoms with E-state index < -0.39 is 6.10 Å². The third-order valence-corrected chi connectivity index (χ3v) is 5.26. The lowest BCUT2D eigenvalue weighted by atomic mass is 9.80. The molecule has 1 saturated carbocycles. The van der Waals surface area contributed by atoms with Crippen molar-refractivity contribution in [2.75, 3.05) is 6.54 Å². The SMILES string of the molecule is CC(C)C[C@H](OCc1ccccc1)C(=O)C1CNNC2C(=O)CCC12. The maximum Gasteiger partial charge on any atom is 0.166 e. The summed E-state index contributed by atoms with van der Waals surface area (Å²) in [4.78, 5) is 25.2. The smallest absolute Gasteiger partial charge is 0.166 e. The minimum absolute atomic E-state index is 0.0937. The molecule has 1 heterocycles. The average Bonchev–Trinajstić information content (AvgIpc) is 3.00. The fourth-order valence-electron chi connectivity index (χ4n) is 3.94. The third-order valence-electron chi connectivity index (χ3n) is 5.26. The number of hydrogen-bond donors (Lipinski definition) is 2. The van der Waals surface area contributed by atoms with Gasteiger partial charge in [0.05, 0.1) is 12.6 Å². The van der Waals surface area contributed by atoms with Gasteiger partial charge >= 0.3 is 0 Å². The molecule has 1 aliphatic carbocycles. The number of fused-ring (bicyclic) bond motifs is 1. The van der Waals surface area contributed by atoms with Gasteiger partial charge in [0, 0.05) is 18.9 Å². The van der Waals surface area contributed by atoms with Crippen LogP contribution >= 0.6 is 0 Å². The van der Waals surface area contributed by atoms with E-state index in [0.29, 0.717) is 31.9 Å². The zero-order chi connectivity index (χ0) is 17.8. The molecule has 1 aromatic carbocycles. The van der Waals surface area contributed by atoms with Gasteiger partial charge in [0.2, 0.25) is 0 Å². The molecule has 25 heavy (non-hydrogen) atoms. The molecule has 0 radical (unpaired) electrons. The Morgan fingerprint density at radius 3 is 2.76 bits per heavy atom. The lowest BCUT2D eigenvalue weighted by molar-refractivity contribution is -0.140. The van der Waals surface area contributed by atoms with Gasteiger partial charge in [0.25, 0.3) is 0 Å². The maximum absolute atomic E-state index is 13.2. The summed E-state index contributed by atoms with van der Waals surface area (Å²) in [7, 11) is 0. The number of carbonyl (C=O) groups excluding carboxylic acids is 2. The van der Waals surface area contributed by atoms with Crippen LogP contribution in [0.15, 0.2) is 30.3 Å². The highest BCUT2D eigenvalue weighted by Crippen LogP contribution is 2.33. The molecule has 0 amide bonds. The van der Waals surface area contributed by atoms with Crippen molar-refractivity contribution in [1.29, 1.82) is 0 Å². The van der Waals surface area contributed by atoms with Crippen molar-refractivity contribution >= 4 is 11.6 Å². The van der Waals surface area contributed by atoms with Crippen LogP contribution in [0.3, 0.4) is 0 Å². The van der Waals surface area contributed by atoms with Crippen LogP contribution in [0.4, 0.5) is 0 Å². The number of hydrogen-bond acceptors (Lipinski definition) is 5. The summed E-state index contributed by atoms with van der Waals surface area (Å²) in [5, 5.41) is 0. The Hall–Kier alpha value is -1.56. The number of benzene rings is 1. The Labute approximate surface area is 149 Å². The normalized spacial score (nSPS) is 27.3. The number of ether oxygens (including phenoxy) is 1. The molecule has 5 heteroatoms. The van der Waals surface area contributed by atoms with Crippen molar-refractivity contribution in [3.05, 3.63) is 35.9 Å². The van der Waals surface area contributed by atoms with Gasteiger partial charge in [0.1, 0.15) is 6.10 Å². The summed E-state index contributed by atoms with van der Waals surface area (Å²) in [5.41, 5.74) is 7.18. The molecule has 0 bridgehead atoms. The van der Waals surface area contributed by atoms with Crippen molar-refractivity contribution < 1.29 is 14.3 Å². The van der Waals surface area contributed by atoms with Crippen LogP contribution in [0.5, 0.6) is 0 Å². The number of Topliss-reactive ketones (excluding diaryl/α,β-unsaturated/α-hetero) is 2.